The van der Waals surface area contributed by atoms with Gasteiger partial charge in [-0.15, -0.1) is 0 Å². The Hall–Kier alpha value is -2.07. The van der Waals surface area contributed by atoms with Crippen LogP contribution in [0.3, 0.4) is 0 Å². The number of ether oxygens (including phenoxy) is 2. The van der Waals surface area contributed by atoms with Gasteiger partial charge in [0.15, 0.2) is 0 Å². The summed E-state index contributed by atoms with van der Waals surface area (Å²) in [5.74, 6) is -1.77. The fourth-order valence-electron chi connectivity index (χ4n) is 7.72. The first kappa shape index (κ1) is 63.9. The molecular formula is C55H102NO9P. The second kappa shape index (κ2) is 50.8. The van der Waals surface area contributed by atoms with E-state index in [1.165, 1.54) is 154 Å². The lowest BCUT2D eigenvalue weighted by Crippen LogP contribution is -2.34. The number of esters is 1. The van der Waals surface area contributed by atoms with Crippen molar-refractivity contribution in [3.8, 4) is 0 Å². The molecule has 11 heteroatoms. The van der Waals surface area contributed by atoms with Crippen molar-refractivity contribution < 1.29 is 42.7 Å². The van der Waals surface area contributed by atoms with Crippen molar-refractivity contribution in [1.82, 2.24) is 0 Å². The number of carbonyl (C=O) groups excluding carboxylic acids is 1. The smallest absolute Gasteiger partial charge is 0.472 e. The maximum Gasteiger partial charge on any atom is 0.472 e. The molecule has 0 radical (unpaired) electrons. The van der Waals surface area contributed by atoms with Gasteiger partial charge in [0, 0.05) is 13.0 Å². The number of unbranched alkanes of at least 4 members (excludes halogenated alkanes) is 30. The molecule has 0 rings (SSSR count). The number of phosphoric acid groups is 1. The van der Waals surface area contributed by atoms with Gasteiger partial charge >= 0.3 is 19.8 Å². The number of aliphatic carboxylic acids is 1. The summed E-state index contributed by atoms with van der Waals surface area (Å²) >= 11 is 0. The van der Waals surface area contributed by atoms with Crippen LogP contribution in [0.15, 0.2) is 48.6 Å². The van der Waals surface area contributed by atoms with Crippen LogP contribution >= 0.6 is 7.82 Å². The van der Waals surface area contributed by atoms with Crippen LogP contribution in [-0.4, -0.2) is 60.5 Å². The summed E-state index contributed by atoms with van der Waals surface area (Å²) in [4.78, 5) is 33.8. The topological polar surface area (TPSA) is 155 Å². The van der Waals surface area contributed by atoms with Crippen molar-refractivity contribution in [1.29, 1.82) is 0 Å². The zero-order valence-electron chi connectivity index (χ0n) is 42.5. The minimum absolute atomic E-state index is 0.0179. The Bertz CT molecular complexity index is 1240. The van der Waals surface area contributed by atoms with E-state index in [0.717, 1.165) is 70.6 Å². The Morgan fingerprint density at radius 3 is 1.32 bits per heavy atom. The molecule has 4 N–H and O–H groups in total. The van der Waals surface area contributed by atoms with Crippen LogP contribution in [0.5, 0.6) is 0 Å². The fraction of sp³-hybridized carbons (Fsp3) is 0.818. The second-order valence-corrected chi connectivity index (χ2v) is 19.8. The van der Waals surface area contributed by atoms with Crippen LogP contribution in [0.4, 0.5) is 0 Å². The standard InChI is InChI=1S/C55H102NO9P/c1-3-5-7-9-11-13-15-17-19-21-23-25-26-27-29-31-33-35-37-39-41-43-45-47-54(57)65-52(50-63-66(60,61)64-51-53(56)55(58)59)49-62-48-46-44-42-40-38-36-34-32-30-28-24-22-20-18-16-14-12-10-8-6-4-2/h5,7,11,13,17,19,23,25,52-53H,3-4,6,8-10,12,14-16,18,20-22,24,26-51,56H2,1-2H3,(H,58,59)(H,60,61)/b7-5-,13-11-,19-17-,25-23-. The summed E-state index contributed by atoms with van der Waals surface area (Å²) in [7, 11) is -4.62. The molecule has 0 heterocycles. The van der Waals surface area contributed by atoms with Gasteiger partial charge in [0.25, 0.3) is 0 Å². The maximum absolute atomic E-state index is 12.7. The largest absolute Gasteiger partial charge is 0.480 e. The van der Waals surface area contributed by atoms with Crippen molar-refractivity contribution in [2.75, 3.05) is 26.4 Å². The SMILES string of the molecule is CC/C=C\C/C=C\C/C=C\C/C=C\CCCCCCCCCCCCC(=O)OC(COCCCCCCCCCCCCCCCCCCCCCCC)COP(=O)(O)OCC(N)C(=O)O. The molecule has 3 unspecified atom stereocenters. The molecule has 386 valence electrons. The molecular weight excluding hydrogens is 850 g/mol. The molecule has 0 amide bonds. The molecule has 0 aromatic carbocycles. The highest BCUT2D eigenvalue weighted by Gasteiger charge is 2.27. The molecule has 0 aliphatic heterocycles. The lowest BCUT2D eigenvalue weighted by atomic mass is 10.0. The van der Waals surface area contributed by atoms with Crippen molar-refractivity contribution in [2.45, 2.75) is 264 Å². The van der Waals surface area contributed by atoms with Gasteiger partial charge in [0.2, 0.25) is 0 Å². The highest BCUT2D eigenvalue weighted by Crippen LogP contribution is 2.43. The molecule has 0 aliphatic carbocycles. The average Bonchev–Trinajstić information content (AvgIpc) is 3.30. The summed E-state index contributed by atoms with van der Waals surface area (Å²) in [5, 5.41) is 8.94. The molecule has 0 saturated carbocycles. The van der Waals surface area contributed by atoms with Crippen LogP contribution in [0.1, 0.15) is 251 Å². The summed E-state index contributed by atoms with van der Waals surface area (Å²) in [6, 6.07) is -1.47. The van der Waals surface area contributed by atoms with Crippen LogP contribution < -0.4 is 5.73 Å². The number of carboxylic acids is 1. The molecule has 66 heavy (non-hydrogen) atoms. The molecule has 0 aromatic heterocycles. The van der Waals surface area contributed by atoms with E-state index < -0.39 is 45.1 Å². The summed E-state index contributed by atoms with van der Waals surface area (Å²) in [6.45, 7) is 3.82. The lowest BCUT2D eigenvalue weighted by Gasteiger charge is -2.20. The van der Waals surface area contributed by atoms with E-state index in [9.17, 15) is 19.0 Å². The third kappa shape index (κ3) is 49.8. The number of carboxylic acid groups (broad SMARTS) is 1. The Kier molecular flexibility index (Phi) is 49.2. The van der Waals surface area contributed by atoms with Gasteiger partial charge in [-0.1, -0.05) is 242 Å². The first-order chi connectivity index (χ1) is 32.2. The van der Waals surface area contributed by atoms with E-state index >= 15 is 0 Å². The lowest BCUT2D eigenvalue weighted by molar-refractivity contribution is -0.154. The highest BCUT2D eigenvalue weighted by atomic mass is 31.2. The minimum atomic E-state index is -4.62. The summed E-state index contributed by atoms with van der Waals surface area (Å²) in [5.41, 5.74) is 5.38. The predicted octanol–water partition coefficient (Wildman–Crippen LogP) is 16.2. The van der Waals surface area contributed by atoms with Gasteiger partial charge in [0.1, 0.15) is 12.1 Å². The molecule has 3 atom stereocenters. The Morgan fingerprint density at radius 2 is 0.879 bits per heavy atom. The number of phosphoric ester groups is 1. The third-order valence-corrected chi connectivity index (χ3v) is 12.8. The number of carbonyl (C=O) groups is 2. The van der Waals surface area contributed by atoms with Crippen molar-refractivity contribution in [3.05, 3.63) is 48.6 Å². The first-order valence-electron chi connectivity index (χ1n) is 27.2. The quantitative estimate of drug-likeness (QED) is 0.0232. The van der Waals surface area contributed by atoms with E-state index in [-0.39, 0.29) is 13.0 Å². The Morgan fingerprint density at radius 1 is 0.500 bits per heavy atom. The molecule has 0 bridgehead atoms. The Balaban J connectivity index is 4.09. The second-order valence-electron chi connectivity index (χ2n) is 18.3. The molecule has 10 nitrogen and oxygen atoms in total. The minimum Gasteiger partial charge on any atom is -0.480 e. The summed E-state index contributed by atoms with van der Waals surface area (Å²) in [6.07, 6.45) is 61.7. The number of hydrogen-bond acceptors (Lipinski definition) is 8. The van der Waals surface area contributed by atoms with Gasteiger partial charge in [-0.25, -0.2) is 4.57 Å². The van der Waals surface area contributed by atoms with Gasteiger partial charge in [-0.3, -0.25) is 18.6 Å². The van der Waals surface area contributed by atoms with E-state index in [4.69, 9.17) is 29.4 Å². The number of rotatable bonds is 52. The predicted molar refractivity (Wildman–Crippen MR) is 277 cm³/mol. The zero-order chi connectivity index (χ0) is 48.3. The van der Waals surface area contributed by atoms with E-state index in [1.807, 2.05) is 0 Å². The molecule has 0 aromatic rings. The molecule has 0 spiro atoms. The van der Waals surface area contributed by atoms with Crippen molar-refractivity contribution >= 4 is 19.8 Å². The van der Waals surface area contributed by atoms with Gasteiger partial charge in [-0.05, 0) is 51.4 Å². The van der Waals surface area contributed by atoms with Crippen molar-refractivity contribution in [2.24, 2.45) is 5.73 Å². The van der Waals surface area contributed by atoms with E-state index in [2.05, 4.69) is 62.5 Å². The Labute approximate surface area is 405 Å². The monoisotopic (exact) mass is 952 g/mol. The molecule has 0 fully saturated rings. The van der Waals surface area contributed by atoms with Crippen LogP contribution in [-0.2, 0) is 32.7 Å². The summed E-state index contributed by atoms with van der Waals surface area (Å²) < 4.78 is 33.6. The van der Waals surface area contributed by atoms with E-state index in [0.29, 0.717) is 13.0 Å². The van der Waals surface area contributed by atoms with Crippen LogP contribution in [0.25, 0.3) is 0 Å². The molecule has 0 saturated heterocycles. The van der Waals surface area contributed by atoms with Gasteiger partial charge in [0.05, 0.1) is 19.8 Å². The molecule has 0 aliphatic rings. The first-order valence-corrected chi connectivity index (χ1v) is 28.7. The zero-order valence-corrected chi connectivity index (χ0v) is 43.4. The fourth-order valence-corrected chi connectivity index (χ4v) is 8.49. The van der Waals surface area contributed by atoms with E-state index in [1.54, 1.807) is 0 Å². The van der Waals surface area contributed by atoms with Crippen LogP contribution in [0, 0.1) is 0 Å². The van der Waals surface area contributed by atoms with Gasteiger partial charge in [-0.2, -0.15) is 0 Å². The number of hydrogen-bond donors (Lipinski definition) is 3. The normalized spacial score (nSPS) is 14.0. The maximum atomic E-state index is 12.7. The van der Waals surface area contributed by atoms with Gasteiger partial charge < -0.3 is 25.2 Å². The number of allylic oxidation sites excluding steroid dienone is 8. The highest BCUT2D eigenvalue weighted by molar-refractivity contribution is 7.47. The van der Waals surface area contributed by atoms with Crippen molar-refractivity contribution in [3.63, 3.8) is 0 Å². The number of nitrogens with two attached hydrogens (primary N) is 1. The van der Waals surface area contributed by atoms with Crippen LogP contribution in [0.2, 0.25) is 0 Å². The third-order valence-electron chi connectivity index (χ3n) is 11.9. The average molecular weight is 952 g/mol.